The van der Waals surface area contributed by atoms with Crippen LogP contribution in [-0.2, 0) is 20.6 Å². The van der Waals surface area contributed by atoms with Gasteiger partial charge in [0.25, 0.3) is 10.0 Å². The Morgan fingerprint density at radius 3 is 2.73 bits per heavy atom. The molecule has 0 radical (unpaired) electrons. The van der Waals surface area contributed by atoms with E-state index in [2.05, 4.69) is 5.32 Å². The van der Waals surface area contributed by atoms with Gasteiger partial charge in [0.15, 0.2) is 0 Å². The standard InChI is InChI=1S/C22H22N2O4S2/c1-16-8-9-20-19(13-16)18-6-2-3-7-21(18)30(26,27)24(20)14-22(25)23-10-12-29-15-17-5-4-11-28-17/h2-9,11,13H,10,12,14-15H2,1H3,(H,23,25). The molecule has 30 heavy (non-hydrogen) atoms. The predicted molar refractivity (Wildman–Crippen MR) is 119 cm³/mol. The van der Waals surface area contributed by atoms with Crippen LogP contribution in [0.4, 0.5) is 5.69 Å². The molecule has 2 aromatic carbocycles. The lowest BCUT2D eigenvalue weighted by atomic mass is 10.0. The van der Waals surface area contributed by atoms with E-state index in [-0.39, 0.29) is 17.3 Å². The van der Waals surface area contributed by atoms with Crippen molar-refractivity contribution < 1.29 is 17.6 Å². The van der Waals surface area contributed by atoms with Crippen LogP contribution in [-0.4, -0.2) is 33.2 Å². The summed E-state index contributed by atoms with van der Waals surface area (Å²) in [5, 5.41) is 2.82. The first-order valence-corrected chi connectivity index (χ1v) is 12.2. The topological polar surface area (TPSA) is 79.6 Å². The number of nitrogens with one attached hydrogen (secondary N) is 1. The Bertz CT molecular complexity index is 1160. The highest BCUT2D eigenvalue weighted by Crippen LogP contribution is 2.43. The number of rotatable bonds is 7. The number of carbonyl (C=O) groups excluding carboxylic acids is 1. The summed E-state index contributed by atoms with van der Waals surface area (Å²) in [6, 6.07) is 16.2. The van der Waals surface area contributed by atoms with Crippen LogP contribution in [0, 0.1) is 6.92 Å². The Balaban J connectivity index is 1.46. The van der Waals surface area contributed by atoms with Gasteiger partial charge < -0.3 is 9.73 Å². The average molecular weight is 443 g/mol. The van der Waals surface area contributed by atoms with Crippen molar-refractivity contribution in [3.8, 4) is 11.1 Å². The fraction of sp³-hybridized carbons (Fsp3) is 0.227. The van der Waals surface area contributed by atoms with Crippen LogP contribution in [0.3, 0.4) is 0 Å². The van der Waals surface area contributed by atoms with Crippen molar-refractivity contribution in [3.05, 3.63) is 72.2 Å². The maximum absolute atomic E-state index is 13.2. The molecule has 0 unspecified atom stereocenters. The number of sulfonamides is 1. The van der Waals surface area contributed by atoms with Crippen LogP contribution in [0.25, 0.3) is 11.1 Å². The lowest BCUT2D eigenvalue weighted by molar-refractivity contribution is -0.119. The van der Waals surface area contributed by atoms with Crippen LogP contribution in [0.2, 0.25) is 0 Å². The molecule has 0 saturated heterocycles. The zero-order valence-corrected chi connectivity index (χ0v) is 18.1. The van der Waals surface area contributed by atoms with Gasteiger partial charge in [-0.3, -0.25) is 9.10 Å². The van der Waals surface area contributed by atoms with E-state index >= 15 is 0 Å². The van der Waals surface area contributed by atoms with E-state index in [1.54, 1.807) is 42.3 Å². The van der Waals surface area contributed by atoms with Crippen LogP contribution < -0.4 is 9.62 Å². The molecule has 1 N–H and O–H groups in total. The number of carbonyl (C=O) groups is 1. The van der Waals surface area contributed by atoms with E-state index in [4.69, 9.17) is 4.42 Å². The number of hydrogen-bond donors (Lipinski definition) is 1. The molecule has 3 aromatic rings. The molecule has 0 bridgehead atoms. The van der Waals surface area contributed by atoms with E-state index in [1.807, 2.05) is 37.3 Å². The molecule has 2 heterocycles. The molecule has 1 aliphatic rings. The van der Waals surface area contributed by atoms with Gasteiger partial charge in [-0.05, 0) is 37.3 Å². The molecule has 0 fully saturated rings. The first-order chi connectivity index (χ1) is 14.5. The lowest BCUT2D eigenvalue weighted by Gasteiger charge is -2.31. The normalized spacial score (nSPS) is 14.1. The molecule has 1 aromatic heterocycles. The minimum atomic E-state index is -3.81. The van der Waals surface area contributed by atoms with Crippen molar-refractivity contribution in [1.29, 1.82) is 0 Å². The molecule has 1 aliphatic heterocycles. The number of fused-ring (bicyclic) bond motifs is 3. The summed E-state index contributed by atoms with van der Waals surface area (Å²) in [4.78, 5) is 12.8. The maximum Gasteiger partial charge on any atom is 0.265 e. The van der Waals surface area contributed by atoms with Crippen molar-refractivity contribution in [3.63, 3.8) is 0 Å². The third-order valence-electron chi connectivity index (χ3n) is 4.85. The number of anilines is 1. The number of amides is 1. The number of aryl methyl sites for hydroxylation is 1. The number of thioether (sulfide) groups is 1. The third-order valence-corrected chi connectivity index (χ3v) is 7.65. The summed E-state index contributed by atoms with van der Waals surface area (Å²) >= 11 is 1.64. The molecule has 4 rings (SSSR count). The first kappa shape index (κ1) is 20.6. The molecule has 0 atom stereocenters. The Hall–Kier alpha value is -2.71. The van der Waals surface area contributed by atoms with Gasteiger partial charge in [-0.2, -0.15) is 11.8 Å². The van der Waals surface area contributed by atoms with E-state index in [0.717, 1.165) is 22.6 Å². The highest BCUT2D eigenvalue weighted by molar-refractivity contribution is 7.98. The van der Waals surface area contributed by atoms with Gasteiger partial charge in [-0.15, -0.1) is 0 Å². The summed E-state index contributed by atoms with van der Waals surface area (Å²) in [5.41, 5.74) is 3.05. The molecule has 8 heteroatoms. The largest absolute Gasteiger partial charge is 0.468 e. The van der Waals surface area contributed by atoms with Crippen LogP contribution >= 0.6 is 11.8 Å². The molecule has 6 nitrogen and oxygen atoms in total. The van der Waals surface area contributed by atoms with E-state index in [9.17, 15) is 13.2 Å². The second-order valence-electron chi connectivity index (χ2n) is 7.01. The smallest absolute Gasteiger partial charge is 0.265 e. The monoisotopic (exact) mass is 442 g/mol. The summed E-state index contributed by atoms with van der Waals surface area (Å²) in [5.74, 6) is 1.99. The number of furan rings is 1. The van der Waals surface area contributed by atoms with Crippen LogP contribution in [0.5, 0.6) is 0 Å². The fourth-order valence-electron chi connectivity index (χ4n) is 3.43. The van der Waals surface area contributed by atoms with E-state index < -0.39 is 10.0 Å². The number of benzene rings is 2. The van der Waals surface area contributed by atoms with Crippen LogP contribution in [0.15, 0.2) is 70.2 Å². The number of hydrogen-bond acceptors (Lipinski definition) is 5. The van der Waals surface area contributed by atoms with Crippen molar-refractivity contribution in [2.24, 2.45) is 0 Å². The second-order valence-corrected chi connectivity index (χ2v) is 9.95. The summed E-state index contributed by atoms with van der Waals surface area (Å²) in [6.45, 7) is 2.16. The van der Waals surface area contributed by atoms with Gasteiger partial charge in [-0.25, -0.2) is 8.42 Å². The summed E-state index contributed by atoms with van der Waals surface area (Å²) in [6.07, 6.45) is 1.63. The molecule has 0 spiro atoms. The van der Waals surface area contributed by atoms with Crippen molar-refractivity contribution in [2.45, 2.75) is 17.6 Å². The Morgan fingerprint density at radius 2 is 1.93 bits per heavy atom. The Labute approximate surface area is 180 Å². The number of nitrogens with zero attached hydrogens (tertiary/aromatic N) is 1. The first-order valence-electron chi connectivity index (χ1n) is 9.56. The van der Waals surface area contributed by atoms with Gasteiger partial charge in [0.2, 0.25) is 5.91 Å². The fourth-order valence-corrected chi connectivity index (χ4v) is 5.84. The van der Waals surface area contributed by atoms with Gasteiger partial charge >= 0.3 is 0 Å². The van der Waals surface area contributed by atoms with Crippen molar-refractivity contribution in [1.82, 2.24) is 5.32 Å². The van der Waals surface area contributed by atoms with Crippen molar-refractivity contribution in [2.75, 3.05) is 23.1 Å². The van der Waals surface area contributed by atoms with Crippen molar-refractivity contribution >= 4 is 33.4 Å². The van der Waals surface area contributed by atoms with Gasteiger partial charge in [0.1, 0.15) is 12.3 Å². The minimum absolute atomic E-state index is 0.227. The molecule has 0 aliphatic carbocycles. The summed E-state index contributed by atoms with van der Waals surface area (Å²) < 4.78 is 32.9. The zero-order valence-electron chi connectivity index (χ0n) is 16.5. The van der Waals surface area contributed by atoms with Crippen LogP contribution in [0.1, 0.15) is 11.3 Å². The Morgan fingerprint density at radius 1 is 1.10 bits per heavy atom. The quantitative estimate of drug-likeness (QED) is 0.563. The Kier molecular flexibility index (Phi) is 5.87. The maximum atomic E-state index is 13.2. The lowest BCUT2D eigenvalue weighted by Crippen LogP contribution is -2.43. The molecular weight excluding hydrogens is 420 g/mol. The molecular formula is C22H22N2O4S2. The highest BCUT2D eigenvalue weighted by atomic mass is 32.2. The highest BCUT2D eigenvalue weighted by Gasteiger charge is 2.35. The molecule has 156 valence electrons. The second kappa shape index (κ2) is 8.57. The SMILES string of the molecule is Cc1ccc2c(c1)-c1ccccc1S(=O)(=O)N2CC(=O)NCCSCc1ccco1. The van der Waals surface area contributed by atoms with Gasteiger partial charge in [0.05, 0.1) is 22.6 Å². The van der Waals surface area contributed by atoms with E-state index in [0.29, 0.717) is 23.5 Å². The van der Waals surface area contributed by atoms with E-state index in [1.165, 1.54) is 4.31 Å². The molecule has 1 amide bonds. The third kappa shape index (κ3) is 4.11. The minimum Gasteiger partial charge on any atom is -0.468 e. The molecule has 0 saturated carbocycles. The zero-order chi connectivity index (χ0) is 21.1. The average Bonchev–Trinajstić information content (AvgIpc) is 3.25. The van der Waals surface area contributed by atoms with Gasteiger partial charge in [0, 0.05) is 23.4 Å². The summed E-state index contributed by atoms with van der Waals surface area (Å²) in [7, 11) is -3.81. The van der Waals surface area contributed by atoms with Gasteiger partial charge in [-0.1, -0.05) is 29.8 Å². The predicted octanol–water partition coefficient (Wildman–Crippen LogP) is 3.81.